The Morgan fingerprint density at radius 2 is 1.33 bits per heavy atom. The van der Waals surface area contributed by atoms with E-state index < -0.39 is 10.8 Å². The van der Waals surface area contributed by atoms with Crippen molar-refractivity contribution in [3.63, 3.8) is 0 Å². The molecule has 0 aliphatic carbocycles. The van der Waals surface area contributed by atoms with Crippen molar-refractivity contribution in [1.82, 2.24) is 0 Å². The van der Waals surface area contributed by atoms with Crippen LogP contribution in [0.5, 0.6) is 11.5 Å². The van der Waals surface area contributed by atoms with Crippen molar-refractivity contribution < 1.29 is 23.2 Å². The first-order valence-electron chi connectivity index (χ1n) is 7.97. The Balaban J connectivity index is 1.40. The van der Waals surface area contributed by atoms with Crippen LogP contribution in [0.15, 0.2) is 46.2 Å². The minimum absolute atomic E-state index is 0.205. The van der Waals surface area contributed by atoms with Crippen LogP contribution in [0.1, 0.15) is 0 Å². The Bertz CT molecular complexity index is 759. The lowest BCUT2D eigenvalue weighted by molar-refractivity contribution is 0.262. The number of ether oxygens (including phenoxy) is 4. The lowest BCUT2D eigenvalue weighted by atomic mass is 10.1. The van der Waals surface area contributed by atoms with Gasteiger partial charge in [0.05, 0.1) is 33.8 Å². The summed E-state index contributed by atoms with van der Waals surface area (Å²) in [5.41, 5.74) is 1.99. The maximum absolute atomic E-state index is 12.8. The molecule has 2 aromatic rings. The van der Waals surface area contributed by atoms with E-state index in [1.165, 1.54) is 0 Å². The van der Waals surface area contributed by atoms with E-state index in [0.717, 1.165) is 45.6 Å². The van der Waals surface area contributed by atoms with Crippen molar-refractivity contribution >= 4 is 10.8 Å². The van der Waals surface area contributed by atoms with E-state index in [-0.39, 0.29) is 12.2 Å². The Hall–Kier alpha value is -1.89. The fourth-order valence-corrected chi connectivity index (χ4v) is 4.20. The van der Waals surface area contributed by atoms with Crippen LogP contribution < -0.4 is 9.47 Å². The standard InChI is InChI=1S/C18H16O5S/c19-24-17-5-11(20-7-13-9-22-13)1-3-15(17)16-4-2-12(6-18(16)24)21-8-14-10-23-14/h1-6,13-14H,7-10H2. The van der Waals surface area contributed by atoms with Crippen molar-refractivity contribution in [3.8, 4) is 22.6 Å². The summed E-state index contributed by atoms with van der Waals surface area (Å²) in [5, 5.41) is 0. The topological polar surface area (TPSA) is 60.6 Å². The molecule has 0 amide bonds. The highest BCUT2D eigenvalue weighted by Crippen LogP contribution is 2.43. The SMILES string of the molecule is O=S1c2cc(OCC3CO3)ccc2-c2ccc(OCC3CO3)cc21. The van der Waals surface area contributed by atoms with Crippen LogP contribution >= 0.6 is 0 Å². The number of rotatable bonds is 6. The van der Waals surface area contributed by atoms with Crippen LogP contribution in [0.3, 0.4) is 0 Å². The van der Waals surface area contributed by atoms with Gasteiger partial charge < -0.3 is 18.9 Å². The van der Waals surface area contributed by atoms with E-state index in [0.29, 0.717) is 13.2 Å². The third-order valence-electron chi connectivity index (χ3n) is 4.27. The highest BCUT2D eigenvalue weighted by molar-refractivity contribution is 7.85. The van der Waals surface area contributed by atoms with E-state index in [1.54, 1.807) is 0 Å². The Morgan fingerprint density at radius 3 is 1.75 bits per heavy atom. The number of benzene rings is 2. The van der Waals surface area contributed by atoms with Crippen molar-refractivity contribution in [2.45, 2.75) is 22.0 Å². The van der Waals surface area contributed by atoms with Gasteiger partial charge in [-0.3, -0.25) is 0 Å². The van der Waals surface area contributed by atoms with Crippen molar-refractivity contribution in [1.29, 1.82) is 0 Å². The molecule has 5 nitrogen and oxygen atoms in total. The Labute approximate surface area is 141 Å². The molecular formula is C18H16O5S. The maximum atomic E-state index is 12.8. The normalized spacial score (nSPS) is 25.8. The molecule has 3 aliphatic rings. The highest BCUT2D eigenvalue weighted by Gasteiger charge is 2.28. The molecule has 2 aromatic carbocycles. The molecule has 0 spiro atoms. The molecule has 5 rings (SSSR count). The molecule has 2 saturated heterocycles. The maximum Gasteiger partial charge on any atom is 0.120 e. The number of epoxide rings is 2. The molecular weight excluding hydrogens is 328 g/mol. The molecule has 0 radical (unpaired) electrons. The summed E-state index contributed by atoms with van der Waals surface area (Å²) in [7, 11) is -1.21. The molecule has 2 atom stereocenters. The van der Waals surface area contributed by atoms with Gasteiger partial charge in [-0.05, 0) is 47.5 Å². The number of fused-ring (bicyclic) bond motifs is 3. The fraction of sp³-hybridized carbons (Fsp3) is 0.333. The fourth-order valence-electron chi connectivity index (χ4n) is 2.76. The predicted molar refractivity (Wildman–Crippen MR) is 87.0 cm³/mol. The first-order valence-corrected chi connectivity index (χ1v) is 9.12. The molecule has 0 aromatic heterocycles. The van der Waals surface area contributed by atoms with Crippen molar-refractivity contribution in [3.05, 3.63) is 36.4 Å². The smallest absolute Gasteiger partial charge is 0.120 e. The van der Waals surface area contributed by atoms with Gasteiger partial charge in [0.1, 0.15) is 36.9 Å². The lowest BCUT2D eigenvalue weighted by Gasteiger charge is -2.06. The van der Waals surface area contributed by atoms with Gasteiger partial charge >= 0.3 is 0 Å². The van der Waals surface area contributed by atoms with Crippen LogP contribution in [0.4, 0.5) is 0 Å². The van der Waals surface area contributed by atoms with Crippen molar-refractivity contribution in [2.75, 3.05) is 26.4 Å². The zero-order valence-corrected chi connectivity index (χ0v) is 13.7. The third kappa shape index (κ3) is 2.70. The van der Waals surface area contributed by atoms with Crippen LogP contribution in [0.2, 0.25) is 0 Å². The summed E-state index contributed by atoms with van der Waals surface area (Å²) < 4.78 is 34.5. The summed E-state index contributed by atoms with van der Waals surface area (Å²) in [6.45, 7) is 2.60. The molecule has 3 aliphatic heterocycles. The van der Waals surface area contributed by atoms with E-state index in [1.807, 2.05) is 36.4 Å². The van der Waals surface area contributed by atoms with Gasteiger partial charge in [0.25, 0.3) is 0 Å². The van der Waals surface area contributed by atoms with Gasteiger partial charge in [0.15, 0.2) is 0 Å². The predicted octanol–water partition coefficient (Wildman–Crippen LogP) is 2.39. The van der Waals surface area contributed by atoms with Crippen LogP contribution in [0, 0.1) is 0 Å². The van der Waals surface area contributed by atoms with Crippen LogP contribution in [0.25, 0.3) is 11.1 Å². The van der Waals surface area contributed by atoms with Gasteiger partial charge in [0.2, 0.25) is 0 Å². The summed E-state index contributed by atoms with van der Waals surface area (Å²) in [4.78, 5) is 1.59. The summed E-state index contributed by atoms with van der Waals surface area (Å²) in [6.07, 6.45) is 0.409. The Kier molecular flexibility index (Phi) is 3.36. The lowest BCUT2D eigenvalue weighted by Crippen LogP contribution is -2.04. The molecule has 124 valence electrons. The molecule has 24 heavy (non-hydrogen) atoms. The highest BCUT2D eigenvalue weighted by atomic mass is 32.2. The van der Waals surface area contributed by atoms with Gasteiger partial charge in [-0.1, -0.05) is 0 Å². The van der Waals surface area contributed by atoms with E-state index in [9.17, 15) is 4.21 Å². The number of hydrogen-bond acceptors (Lipinski definition) is 5. The second kappa shape index (κ2) is 5.58. The molecule has 2 unspecified atom stereocenters. The zero-order valence-electron chi connectivity index (χ0n) is 12.9. The second-order valence-electron chi connectivity index (χ2n) is 6.12. The quantitative estimate of drug-likeness (QED) is 0.643. The zero-order chi connectivity index (χ0) is 16.1. The van der Waals surface area contributed by atoms with Gasteiger partial charge in [-0.15, -0.1) is 0 Å². The van der Waals surface area contributed by atoms with Crippen LogP contribution in [-0.2, 0) is 20.3 Å². The van der Waals surface area contributed by atoms with Crippen molar-refractivity contribution in [2.24, 2.45) is 0 Å². The average Bonchev–Trinajstić information content (AvgIpc) is 3.52. The summed E-state index contributed by atoms with van der Waals surface area (Å²) in [5.74, 6) is 1.46. The van der Waals surface area contributed by atoms with Gasteiger partial charge in [-0.25, -0.2) is 4.21 Å². The summed E-state index contributed by atoms with van der Waals surface area (Å²) in [6, 6.07) is 11.5. The van der Waals surface area contributed by atoms with Crippen LogP contribution in [-0.4, -0.2) is 42.8 Å². The van der Waals surface area contributed by atoms with Gasteiger partial charge in [0, 0.05) is 0 Å². The molecule has 0 saturated carbocycles. The first kappa shape index (κ1) is 14.5. The van der Waals surface area contributed by atoms with Gasteiger partial charge in [-0.2, -0.15) is 0 Å². The minimum atomic E-state index is -1.21. The third-order valence-corrected chi connectivity index (χ3v) is 5.75. The molecule has 3 heterocycles. The van der Waals surface area contributed by atoms with E-state index >= 15 is 0 Å². The minimum Gasteiger partial charge on any atom is -0.491 e. The molecule has 6 heteroatoms. The molecule has 2 fully saturated rings. The monoisotopic (exact) mass is 344 g/mol. The Morgan fingerprint density at radius 1 is 0.875 bits per heavy atom. The molecule has 0 N–H and O–H groups in total. The molecule has 0 bridgehead atoms. The average molecular weight is 344 g/mol. The number of hydrogen-bond donors (Lipinski definition) is 0. The van der Waals surface area contributed by atoms with E-state index in [2.05, 4.69) is 0 Å². The van der Waals surface area contributed by atoms with E-state index in [4.69, 9.17) is 18.9 Å². The summed E-state index contributed by atoms with van der Waals surface area (Å²) >= 11 is 0. The largest absolute Gasteiger partial charge is 0.491 e. The second-order valence-corrected chi connectivity index (χ2v) is 7.53. The first-order chi connectivity index (χ1) is 11.8.